The van der Waals surface area contributed by atoms with Crippen LogP contribution in [0.5, 0.6) is 11.5 Å². The molecule has 26 heavy (non-hydrogen) atoms. The van der Waals surface area contributed by atoms with Crippen LogP contribution in [0.15, 0.2) is 18.2 Å². The molecule has 0 unspecified atom stereocenters. The average molecular weight is 362 g/mol. The molecule has 2 aliphatic heterocycles. The van der Waals surface area contributed by atoms with Crippen LogP contribution < -0.4 is 14.8 Å². The van der Waals surface area contributed by atoms with Crippen molar-refractivity contribution in [1.29, 1.82) is 0 Å². The molecular formula is C18H22N2O6. The molecule has 1 atom stereocenters. The molecule has 0 aliphatic carbocycles. The van der Waals surface area contributed by atoms with Gasteiger partial charge in [-0.05, 0) is 38.0 Å². The lowest BCUT2D eigenvalue weighted by atomic mass is 9.90. The number of likely N-dealkylation sites (tertiary alicyclic amines) is 1. The SMILES string of the molecule is CCOC(=O)CNC(=O)N1CCC[C@@H](C(=O)c2ccc3c(c2)OCO3)C1. The van der Waals surface area contributed by atoms with Crippen LogP contribution >= 0.6 is 0 Å². The predicted octanol–water partition coefficient (Wildman–Crippen LogP) is 1.58. The molecule has 0 spiro atoms. The molecule has 1 N–H and O–H groups in total. The Morgan fingerprint density at radius 2 is 2.08 bits per heavy atom. The summed E-state index contributed by atoms with van der Waals surface area (Å²) in [5.41, 5.74) is 0.549. The Balaban J connectivity index is 1.58. The van der Waals surface area contributed by atoms with Crippen molar-refractivity contribution >= 4 is 17.8 Å². The average Bonchev–Trinajstić information content (AvgIpc) is 3.13. The molecule has 2 amide bonds. The highest BCUT2D eigenvalue weighted by Gasteiger charge is 2.30. The normalized spacial score (nSPS) is 18.3. The molecule has 0 bridgehead atoms. The van der Waals surface area contributed by atoms with Gasteiger partial charge in [0.05, 0.1) is 6.61 Å². The van der Waals surface area contributed by atoms with E-state index in [1.165, 1.54) is 0 Å². The van der Waals surface area contributed by atoms with Gasteiger partial charge in [-0.25, -0.2) is 4.79 Å². The zero-order valence-corrected chi connectivity index (χ0v) is 14.7. The Hall–Kier alpha value is -2.77. The number of nitrogens with zero attached hydrogens (tertiary/aromatic N) is 1. The fraction of sp³-hybridized carbons (Fsp3) is 0.500. The number of esters is 1. The highest BCUT2D eigenvalue weighted by atomic mass is 16.7. The number of hydrogen-bond donors (Lipinski definition) is 1. The van der Waals surface area contributed by atoms with Gasteiger partial charge in [0.15, 0.2) is 17.3 Å². The summed E-state index contributed by atoms with van der Waals surface area (Å²) in [6.07, 6.45) is 1.45. The quantitative estimate of drug-likeness (QED) is 0.631. The number of hydrogen-bond acceptors (Lipinski definition) is 6. The number of ketones is 1. The first-order valence-electron chi connectivity index (χ1n) is 8.70. The van der Waals surface area contributed by atoms with Crippen molar-refractivity contribution in [3.63, 3.8) is 0 Å². The summed E-state index contributed by atoms with van der Waals surface area (Å²) in [6, 6.07) is 4.77. The summed E-state index contributed by atoms with van der Waals surface area (Å²) in [5.74, 6) is 0.412. The van der Waals surface area contributed by atoms with E-state index in [1.807, 2.05) is 0 Å². The van der Waals surface area contributed by atoms with Gasteiger partial charge in [0.1, 0.15) is 6.54 Å². The molecule has 8 heteroatoms. The molecular weight excluding hydrogens is 340 g/mol. The summed E-state index contributed by atoms with van der Waals surface area (Å²) in [6.45, 7) is 2.83. The predicted molar refractivity (Wildman–Crippen MR) is 91.2 cm³/mol. The molecule has 2 aliphatic rings. The van der Waals surface area contributed by atoms with E-state index in [2.05, 4.69) is 5.32 Å². The minimum Gasteiger partial charge on any atom is -0.465 e. The topological polar surface area (TPSA) is 94.2 Å². The number of amides is 2. The monoisotopic (exact) mass is 362 g/mol. The lowest BCUT2D eigenvalue weighted by Gasteiger charge is -2.32. The van der Waals surface area contributed by atoms with Gasteiger partial charge >= 0.3 is 12.0 Å². The maximum absolute atomic E-state index is 12.8. The number of rotatable bonds is 5. The van der Waals surface area contributed by atoms with Crippen molar-refractivity contribution in [2.24, 2.45) is 5.92 Å². The number of fused-ring (bicyclic) bond motifs is 1. The Labute approximate surface area is 151 Å². The third-order valence-corrected chi connectivity index (χ3v) is 4.43. The molecule has 1 aromatic rings. The van der Waals surface area contributed by atoms with Gasteiger partial charge in [-0.15, -0.1) is 0 Å². The van der Waals surface area contributed by atoms with E-state index in [1.54, 1.807) is 30.0 Å². The van der Waals surface area contributed by atoms with Gasteiger partial charge in [-0.2, -0.15) is 0 Å². The van der Waals surface area contributed by atoms with Crippen molar-refractivity contribution in [2.45, 2.75) is 19.8 Å². The summed E-state index contributed by atoms with van der Waals surface area (Å²) < 4.78 is 15.4. The molecule has 0 radical (unpaired) electrons. The Morgan fingerprint density at radius 3 is 2.88 bits per heavy atom. The van der Waals surface area contributed by atoms with Crippen LogP contribution in [0.25, 0.3) is 0 Å². The first-order valence-corrected chi connectivity index (χ1v) is 8.70. The van der Waals surface area contributed by atoms with Crippen molar-refractivity contribution in [1.82, 2.24) is 10.2 Å². The van der Waals surface area contributed by atoms with Gasteiger partial charge in [0.2, 0.25) is 6.79 Å². The third kappa shape index (κ3) is 4.07. The molecule has 8 nitrogen and oxygen atoms in total. The van der Waals surface area contributed by atoms with E-state index in [9.17, 15) is 14.4 Å². The second-order valence-corrected chi connectivity index (χ2v) is 6.18. The minimum absolute atomic E-state index is 0.0220. The maximum atomic E-state index is 12.8. The van der Waals surface area contributed by atoms with Gasteiger partial charge in [-0.1, -0.05) is 0 Å². The Morgan fingerprint density at radius 1 is 1.27 bits per heavy atom. The highest BCUT2D eigenvalue weighted by molar-refractivity contribution is 5.99. The molecule has 2 heterocycles. The molecule has 1 fully saturated rings. The standard InChI is InChI=1S/C18H22N2O6/c1-2-24-16(21)9-19-18(23)20-7-3-4-13(10-20)17(22)12-5-6-14-15(8-12)26-11-25-14/h5-6,8,13H,2-4,7,9-11H2,1H3,(H,19,23)/t13-/m1/s1. The maximum Gasteiger partial charge on any atom is 0.325 e. The number of Topliss-reactive ketones (excluding diaryl/α,β-unsaturated/α-hetero) is 1. The summed E-state index contributed by atoms with van der Waals surface area (Å²) >= 11 is 0. The van der Waals surface area contributed by atoms with Gasteiger partial charge in [-0.3, -0.25) is 9.59 Å². The highest BCUT2D eigenvalue weighted by Crippen LogP contribution is 2.33. The second kappa shape index (κ2) is 8.07. The largest absolute Gasteiger partial charge is 0.465 e. The molecule has 0 saturated carbocycles. The van der Waals surface area contributed by atoms with Crippen molar-refractivity contribution in [2.75, 3.05) is 33.0 Å². The minimum atomic E-state index is -0.481. The lowest BCUT2D eigenvalue weighted by molar-refractivity contribution is -0.141. The molecule has 140 valence electrons. The van der Waals surface area contributed by atoms with Gasteiger partial charge in [0, 0.05) is 24.6 Å². The number of nitrogens with one attached hydrogen (secondary N) is 1. The van der Waals surface area contributed by atoms with E-state index in [0.29, 0.717) is 30.2 Å². The van der Waals surface area contributed by atoms with Gasteiger partial charge in [0.25, 0.3) is 0 Å². The van der Waals surface area contributed by atoms with Crippen molar-refractivity contribution < 1.29 is 28.6 Å². The van der Waals surface area contributed by atoms with Crippen LogP contribution in [0.4, 0.5) is 4.79 Å². The van der Waals surface area contributed by atoms with E-state index >= 15 is 0 Å². The second-order valence-electron chi connectivity index (χ2n) is 6.18. The Kier molecular flexibility index (Phi) is 5.60. The molecule has 1 saturated heterocycles. The number of piperidine rings is 1. The lowest BCUT2D eigenvalue weighted by Crippen LogP contribution is -2.48. The van der Waals surface area contributed by atoms with Crippen LogP contribution in [0.3, 0.4) is 0 Å². The Bertz CT molecular complexity index is 705. The fourth-order valence-corrected chi connectivity index (χ4v) is 3.13. The number of carbonyl (C=O) groups is 3. The van der Waals surface area contributed by atoms with Crippen LogP contribution in [-0.4, -0.2) is 55.7 Å². The van der Waals surface area contributed by atoms with E-state index in [4.69, 9.17) is 14.2 Å². The summed E-state index contributed by atoms with van der Waals surface area (Å²) in [5, 5.41) is 2.53. The van der Waals surface area contributed by atoms with Crippen LogP contribution in [0, 0.1) is 5.92 Å². The van der Waals surface area contributed by atoms with E-state index in [-0.39, 0.29) is 37.7 Å². The van der Waals surface area contributed by atoms with Crippen LogP contribution in [-0.2, 0) is 9.53 Å². The smallest absolute Gasteiger partial charge is 0.325 e. The van der Waals surface area contributed by atoms with Crippen LogP contribution in [0.2, 0.25) is 0 Å². The van der Waals surface area contributed by atoms with Gasteiger partial charge < -0.3 is 24.4 Å². The summed E-state index contributed by atoms with van der Waals surface area (Å²) in [7, 11) is 0. The zero-order valence-electron chi connectivity index (χ0n) is 14.7. The summed E-state index contributed by atoms with van der Waals surface area (Å²) in [4.78, 5) is 37.9. The van der Waals surface area contributed by atoms with Crippen LogP contribution in [0.1, 0.15) is 30.1 Å². The molecule has 1 aromatic carbocycles. The van der Waals surface area contributed by atoms with Crippen molar-refractivity contribution in [3.8, 4) is 11.5 Å². The number of ether oxygens (including phenoxy) is 3. The number of benzene rings is 1. The van der Waals surface area contributed by atoms with Crippen molar-refractivity contribution in [3.05, 3.63) is 23.8 Å². The molecule has 0 aromatic heterocycles. The first-order chi connectivity index (χ1) is 12.6. The van der Waals surface area contributed by atoms with E-state index in [0.717, 1.165) is 12.8 Å². The third-order valence-electron chi connectivity index (χ3n) is 4.43. The zero-order chi connectivity index (χ0) is 18.5. The number of carbonyl (C=O) groups excluding carboxylic acids is 3. The van der Waals surface area contributed by atoms with E-state index < -0.39 is 5.97 Å². The fourth-order valence-electron chi connectivity index (χ4n) is 3.13. The first kappa shape index (κ1) is 18.0. The molecule has 3 rings (SSSR count). The number of urea groups is 1.